The Morgan fingerprint density at radius 3 is 2.68 bits per heavy atom. The molecule has 0 aromatic heterocycles. The molecule has 11 heteroatoms. The van der Waals surface area contributed by atoms with Crippen molar-refractivity contribution in [2.45, 2.75) is 25.4 Å². The molecule has 3 aliphatic rings. The number of rotatable bonds is 7. The lowest BCUT2D eigenvalue weighted by atomic mass is 10.1. The number of piperazine rings is 1. The summed E-state index contributed by atoms with van der Waals surface area (Å²) in [6.07, 6.45) is 0.697. The van der Waals surface area contributed by atoms with Crippen LogP contribution in [0.25, 0.3) is 0 Å². The zero-order chi connectivity index (χ0) is 26.5. The second-order valence-corrected chi connectivity index (χ2v) is 10.3. The van der Waals surface area contributed by atoms with Crippen molar-refractivity contribution in [3.8, 4) is 17.6 Å². The lowest BCUT2D eigenvalue weighted by Crippen LogP contribution is -2.64. The van der Waals surface area contributed by atoms with Gasteiger partial charge in [0.25, 0.3) is 5.91 Å². The SMILES string of the molecule is COc1ccc(CCNC(=S)C2CN3CC4C(=O)N(c5ccc(C#N)c(Cl)c5C)C(=O)[N+]42C3)cc1OC. The molecule has 2 bridgehead atoms. The van der Waals surface area contributed by atoms with Crippen LogP contribution in [0, 0.1) is 18.3 Å². The zero-order valence-corrected chi connectivity index (χ0v) is 22.4. The highest BCUT2D eigenvalue weighted by Gasteiger charge is 2.72. The predicted molar refractivity (Wildman–Crippen MR) is 142 cm³/mol. The first-order valence-corrected chi connectivity index (χ1v) is 12.7. The molecular weight excluding hydrogens is 514 g/mol. The topological polar surface area (TPSA) is 94.9 Å². The molecule has 37 heavy (non-hydrogen) atoms. The Morgan fingerprint density at radius 1 is 1.22 bits per heavy atom. The van der Waals surface area contributed by atoms with Gasteiger partial charge in [-0.05, 0) is 48.7 Å². The molecule has 3 fully saturated rings. The number of nitrogens with zero attached hydrogens (tertiary/aromatic N) is 4. The molecule has 1 spiro atoms. The molecule has 1 N–H and O–H groups in total. The first kappa shape index (κ1) is 25.4. The van der Waals surface area contributed by atoms with Crippen molar-refractivity contribution in [3.05, 3.63) is 52.0 Å². The van der Waals surface area contributed by atoms with Crippen LogP contribution in [0.2, 0.25) is 5.02 Å². The fraction of sp³-hybridized carbons (Fsp3) is 0.385. The van der Waals surface area contributed by atoms with Crippen molar-refractivity contribution < 1.29 is 23.5 Å². The van der Waals surface area contributed by atoms with Gasteiger partial charge in [0.2, 0.25) is 0 Å². The van der Waals surface area contributed by atoms with E-state index in [1.165, 1.54) is 4.90 Å². The summed E-state index contributed by atoms with van der Waals surface area (Å²) in [7, 11) is 3.20. The van der Waals surface area contributed by atoms with Crippen LogP contribution in [0.1, 0.15) is 16.7 Å². The van der Waals surface area contributed by atoms with Crippen molar-refractivity contribution >= 4 is 46.4 Å². The average Bonchev–Trinajstić information content (AvgIpc) is 3.54. The van der Waals surface area contributed by atoms with Crippen molar-refractivity contribution in [1.82, 2.24) is 10.2 Å². The van der Waals surface area contributed by atoms with Crippen LogP contribution >= 0.6 is 23.8 Å². The summed E-state index contributed by atoms with van der Waals surface area (Å²) in [6, 6.07) is 9.83. The molecule has 4 atom stereocenters. The normalized spacial score (nSPS) is 25.7. The number of ether oxygens (including phenoxy) is 2. The first-order valence-electron chi connectivity index (χ1n) is 11.9. The van der Waals surface area contributed by atoms with Crippen LogP contribution in [0.3, 0.4) is 0 Å². The molecule has 3 aliphatic heterocycles. The highest BCUT2D eigenvalue weighted by Crippen LogP contribution is 2.45. The zero-order valence-electron chi connectivity index (χ0n) is 20.8. The van der Waals surface area contributed by atoms with Gasteiger partial charge in [-0.3, -0.25) is 4.79 Å². The summed E-state index contributed by atoms with van der Waals surface area (Å²) in [5, 5.41) is 12.9. The van der Waals surface area contributed by atoms with E-state index in [0.717, 1.165) is 5.56 Å². The number of quaternary nitrogens is 1. The molecule has 0 radical (unpaired) electrons. The van der Waals surface area contributed by atoms with Gasteiger partial charge in [0.1, 0.15) is 17.7 Å². The lowest BCUT2D eigenvalue weighted by Gasteiger charge is -2.34. The number of nitriles is 1. The van der Waals surface area contributed by atoms with E-state index in [-0.39, 0.29) is 27.5 Å². The van der Waals surface area contributed by atoms with Crippen LogP contribution in [0.4, 0.5) is 10.5 Å². The number of imide groups is 1. The molecule has 4 unspecified atom stereocenters. The molecule has 5 rings (SSSR count). The van der Waals surface area contributed by atoms with Gasteiger partial charge in [0.15, 0.2) is 23.6 Å². The number of hydrogen-bond donors (Lipinski definition) is 1. The standard InChI is InChI=1S/C26H26ClN5O4S/c1-15-18(6-5-17(11-28)23(15)27)31-25(33)20-13-30-12-19(32(20,14-30)26(31)34)24(37)29-9-8-16-4-7-21(35-2)22(10-16)36-3/h4-7,10,19-20H,8-9,12-14H2,1-3H3/p+1. The quantitative estimate of drug-likeness (QED) is 0.325. The molecule has 2 aromatic rings. The third-order valence-electron chi connectivity index (χ3n) is 7.64. The molecule has 3 saturated heterocycles. The number of amides is 3. The number of anilines is 1. The lowest BCUT2D eigenvalue weighted by molar-refractivity contribution is -0.851. The van der Waals surface area contributed by atoms with Gasteiger partial charge in [-0.2, -0.15) is 10.2 Å². The maximum Gasteiger partial charge on any atom is 0.433 e. The van der Waals surface area contributed by atoms with Gasteiger partial charge in [-0.25, -0.2) is 14.2 Å². The van der Waals surface area contributed by atoms with Crippen molar-refractivity contribution in [1.29, 1.82) is 5.26 Å². The Bertz CT molecular complexity index is 1360. The molecular formula is C26H27ClN5O4S+. The van der Waals surface area contributed by atoms with E-state index in [9.17, 15) is 14.9 Å². The summed E-state index contributed by atoms with van der Waals surface area (Å²) in [5.74, 6) is 1.07. The number of hydrogen-bond acceptors (Lipinski definition) is 7. The van der Waals surface area contributed by atoms with Gasteiger partial charge in [0, 0.05) is 6.54 Å². The Hall–Kier alpha value is -3.23. The maximum absolute atomic E-state index is 14.0. The first-order chi connectivity index (χ1) is 17.8. The minimum Gasteiger partial charge on any atom is -0.493 e. The number of fused-ring (bicyclic) bond motifs is 1. The number of halogens is 1. The monoisotopic (exact) mass is 540 g/mol. The third-order valence-corrected chi connectivity index (χ3v) is 8.55. The number of thiocarbonyl (C=S) groups is 1. The molecule has 3 heterocycles. The van der Waals surface area contributed by atoms with Crippen LogP contribution in [0.5, 0.6) is 11.5 Å². The van der Waals surface area contributed by atoms with E-state index in [4.69, 9.17) is 33.3 Å². The van der Waals surface area contributed by atoms with Gasteiger partial charge >= 0.3 is 6.03 Å². The summed E-state index contributed by atoms with van der Waals surface area (Å²) in [4.78, 5) is 31.5. The van der Waals surface area contributed by atoms with E-state index >= 15 is 0 Å². The second kappa shape index (κ2) is 9.58. The predicted octanol–water partition coefficient (Wildman–Crippen LogP) is 3.00. The van der Waals surface area contributed by atoms with Gasteiger partial charge in [-0.1, -0.05) is 29.9 Å². The summed E-state index contributed by atoms with van der Waals surface area (Å²) >= 11 is 12.2. The smallest absolute Gasteiger partial charge is 0.433 e. The number of urea groups is 1. The number of methoxy groups -OCH3 is 2. The van der Waals surface area contributed by atoms with Gasteiger partial charge in [-0.15, -0.1) is 0 Å². The van der Waals surface area contributed by atoms with E-state index in [0.29, 0.717) is 66.0 Å². The fourth-order valence-corrected chi connectivity index (χ4v) is 6.32. The van der Waals surface area contributed by atoms with Gasteiger partial charge < -0.3 is 14.8 Å². The molecule has 9 nitrogen and oxygen atoms in total. The van der Waals surface area contributed by atoms with Crippen molar-refractivity contribution in [2.24, 2.45) is 0 Å². The molecule has 192 valence electrons. The number of carbonyl (C=O) groups is 2. The van der Waals surface area contributed by atoms with Crippen molar-refractivity contribution in [3.63, 3.8) is 0 Å². The van der Waals surface area contributed by atoms with Crippen LogP contribution in [0.15, 0.2) is 30.3 Å². The van der Waals surface area contributed by atoms with E-state index in [1.54, 1.807) is 33.3 Å². The number of carbonyl (C=O) groups excluding carboxylic acids is 2. The largest absolute Gasteiger partial charge is 0.493 e. The minimum atomic E-state index is -0.523. The number of nitrogens with one attached hydrogen (secondary N) is 1. The Kier molecular flexibility index (Phi) is 6.58. The van der Waals surface area contributed by atoms with Crippen LogP contribution < -0.4 is 19.7 Å². The Labute approximate surface area is 225 Å². The maximum atomic E-state index is 14.0. The third kappa shape index (κ3) is 3.85. The fourth-order valence-electron chi connectivity index (χ4n) is 5.75. The van der Waals surface area contributed by atoms with Gasteiger partial charge in [0.05, 0.1) is 43.6 Å². The van der Waals surface area contributed by atoms with Crippen LogP contribution in [-0.2, 0) is 11.2 Å². The highest BCUT2D eigenvalue weighted by molar-refractivity contribution is 7.80. The number of benzene rings is 2. The van der Waals surface area contributed by atoms with Crippen LogP contribution in [-0.4, -0.2) is 78.9 Å². The highest BCUT2D eigenvalue weighted by atomic mass is 35.5. The Balaban J connectivity index is 1.34. The van der Waals surface area contributed by atoms with Crippen molar-refractivity contribution in [2.75, 3.05) is 45.4 Å². The molecule has 0 aliphatic carbocycles. The summed E-state index contributed by atoms with van der Waals surface area (Å²) in [6.45, 7) is 3.85. The van der Waals surface area contributed by atoms with E-state index in [1.807, 2.05) is 24.3 Å². The molecule has 3 amide bonds. The van der Waals surface area contributed by atoms with E-state index < -0.39 is 6.04 Å². The molecule has 2 aromatic carbocycles. The Morgan fingerprint density at radius 2 is 1.97 bits per heavy atom. The second-order valence-electron chi connectivity index (χ2n) is 9.51. The summed E-state index contributed by atoms with van der Waals surface area (Å²) < 4.78 is 10.7. The molecule has 0 saturated carbocycles. The van der Waals surface area contributed by atoms with E-state index in [2.05, 4.69) is 10.2 Å². The summed E-state index contributed by atoms with van der Waals surface area (Å²) in [5.41, 5.74) is 2.32. The minimum absolute atomic E-state index is 0.0297. The average molecular weight is 541 g/mol.